The number of isocyanates is 1. The second-order valence-electron chi connectivity index (χ2n) is 4.96. The van der Waals surface area contributed by atoms with Gasteiger partial charge in [-0.25, -0.2) is 9.79 Å². The van der Waals surface area contributed by atoms with Crippen LogP contribution in [-0.4, -0.2) is 14.2 Å². The van der Waals surface area contributed by atoms with Crippen LogP contribution in [0.1, 0.15) is 11.1 Å². The lowest BCUT2D eigenvalue weighted by molar-refractivity contribution is 0.563. The molecule has 1 rings (SSSR count). The van der Waals surface area contributed by atoms with Crippen molar-refractivity contribution in [2.45, 2.75) is 32.2 Å². The first-order valence-electron chi connectivity index (χ1n) is 5.13. The molecule has 0 heterocycles. The van der Waals surface area contributed by atoms with Crippen molar-refractivity contribution in [3.8, 4) is 0 Å². The quantitative estimate of drug-likeness (QED) is 0.435. The van der Waals surface area contributed by atoms with Gasteiger partial charge in [0.15, 0.2) is 0 Å². The third kappa shape index (κ3) is 4.72. The van der Waals surface area contributed by atoms with Gasteiger partial charge in [-0.15, -0.1) is 0 Å². The molecule has 0 saturated carbocycles. The summed E-state index contributed by atoms with van der Waals surface area (Å²) in [5.74, 6) is 0. The summed E-state index contributed by atoms with van der Waals surface area (Å²) in [7, 11) is -1.03. The molecule has 3 heteroatoms. The third-order valence-corrected chi connectivity index (χ3v) is 3.55. The fourth-order valence-corrected chi connectivity index (χ4v) is 2.96. The first kappa shape index (κ1) is 11.9. The van der Waals surface area contributed by atoms with Crippen LogP contribution < -0.4 is 0 Å². The Kier molecular flexibility index (Phi) is 4.01. The highest BCUT2D eigenvalue weighted by Crippen LogP contribution is 2.12. The number of benzene rings is 1. The molecule has 0 saturated heterocycles. The maximum Gasteiger partial charge on any atom is 0.235 e. The summed E-state index contributed by atoms with van der Waals surface area (Å²) in [6.45, 7) is 7.52. The number of aliphatic imine (C=N–C) groups is 1. The zero-order chi connectivity index (χ0) is 11.3. The Labute approximate surface area is 92.1 Å². The molecule has 80 valence electrons. The van der Waals surface area contributed by atoms with Crippen molar-refractivity contribution < 1.29 is 4.79 Å². The van der Waals surface area contributed by atoms with E-state index in [1.807, 2.05) is 12.1 Å². The summed E-state index contributed by atoms with van der Waals surface area (Å²) >= 11 is 0. The molecule has 15 heavy (non-hydrogen) atoms. The molecule has 0 bridgehead atoms. The van der Waals surface area contributed by atoms with E-state index >= 15 is 0 Å². The molecule has 0 unspecified atom stereocenters. The fraction of sp³-hybridized carbons (Fsp3) is 0.417. The average molecular weight is 219 g/mol. The van der Waals surface area contributed by atoms with Crippen molar-refractivity contribution in [3.63, 3.8) is 0 Å². The van der Waals surface area contributed by atoms with Crippen molar-refractivity contribution in [3.05, 3.63) is 35.4 Å². The lowest BCUT2D eigenvalue weighted by atomic mass is 10.1. The average Bonchev–Trinajstić information content (AvgIpc) is 2.14. The van der Waals surface area contributed by atoms with Crippen molar-refractivity contribution in [2.75, 3.05) is 0 Å². The zero-order valence-corrected chi connectivity index (χ0v) is 10.6. The van der Waals surface area contributed by atoms with Crippen molar-refractivity contribution in [2.24, 2.45) is 4.99 Å². The molecular formula is C12H17NOSi. The largest absolute Gasteiger partial charge is 0.235 e. The molecule has 0 aliphatic carbocycles. The minimum Gasteiger partial charge on any atom is -0.211 e. The predicted molar refractivity (Wildman–Crippen MR) is 65.3 cm³/mol. The molecule has 1 aromatic carbocycles. The summed E-state index contributed by atoms with van der Waals surface area (Å²) in [5.41, 5.74) is 2.45. The van der Waals surface area contributed by atoms with E-state index in [-0.39, 0.29) is 0 Å². The highest BCUT2D eigenvalue weighted by atomic mass is 28.3. The molecule has 0 spiro atoms. The van der Waals surface area contributed by atoms with E-state index in [1.165, 1.54) is 11.6 Å². The van der Waals surface area contributed by atoms with Gasteiger partial charge < -0.3 is 0 Å². The van der Waals surface area contributed by atoms with E-state index in [4.69, 9.17) is 0 Å². The van der Waals surface area contributed by atoms with Gasteiger partial charge in [-0.05, 0) is 11.6 Å². The topological polar surface area (TPSA) is 29.4 Å². The summed E-state index contributed by atoms with van der Waals surface area (Å²) in [6, 6.07) is 9.54. The standard InChI is InChI=1S/C12H17NOSi/c1-15(2,3)9-12-6-4-11(5-7-12)8-13-10-14/h4-7H,8-9H2,1-3H3. The van der Waals surface area contributed by atoms with Gasteiger partial charge >= 0.3 is 0 Å². The van der Waals surface area contributed by atoms with Gasteiger partial charge in [-0.3, -0.25) is 0 Å². The van der Waals surface area contributed by atoms with E-state index in [0.717, 1.165) is 5.56 Å². The highest BCUT2D eigenvalue weighted by molar-refractivity contribution is 6.75. The number of carbonyl (C=O) groups excluding carboxylic acids is 1. The molecule has 1 aromatic rings. The smallest absolute Gasteiger partial charge is 0.211 e. The van der Waals surface area contributed by atoms with Crippen molar-refractivity contribution in [1.82, 2.24) is 0 Å². The Morgan fingerprint density at radius 1 is 1.13 bits per heavy atom. The molecule has 0 amide bonds. The second kappa shape index (κ2) is 5.05. The number of hydrogen-bond acceptors (Lipinski definition) is 2. The van der Waals surface area contributed by atoms with E-state index in [0.29, 0.717) is 6.54 Å². The molecule has 0 radical (unpaired) electrons. The lowest BCUT2D eigenvalue weighted by Crippen LogP contribution is -2.23. The normalized spacial score (nSPS) is 10.9. The van der Waals surface area contributed by atoms with E-state index in [9.17, 15) is 4.79 Å². The van der Waals surface area contributed by atoms with Crippen LogP contribution in [0.3, 0.4) is 0 Å². The van der Waals surface area contributed by atoms with Crippen LogP contribution >= 0.6 is 0 Å². The fourth-order valence-electron chi connectivity index (χ4n) is 1.50. The molecule has 0 N–H and O–H groups in total. The van der Waals surface area contributed by atoms with Crippen LogP contribution in [0, 0.1) is 0 Å². The van der Waals surface area contributed by atoms with Crippen LogP contribution in [0.25, 0.3) is 0 Å². The third-order valence-electron chi connectivity index (χ3n) is 2.08. The lowest BCUT2D eigenvalue weighted by Gasteiger charge is -2.15. The van der Waals surface area contributed by atoms with Gasteiger partial charge in [-0.1, -0.05) is 49.5 Å². The molecule has 0 atom stereocenters. The minimum absolute atomic E-state index is 0.441. The van der Waals surface area contributed by atoms with Crippen LogP contribution in [-0.2, 0) is 17.4 Å². The van der Waals surface area contributed by atoms with Crippen LogP contribution in [0.15, 0.2) is 29.3 Å². The van der Waals surface area contributed by atoms with E-state index < -0.39 is 8.07 Å². The Balaban J connectivity index is 2.68. The SMILES string of the molecule is C[Si](C)(C)Cc1ccc(CN=C=O)cc1. The molecule has 0 aromatic heterocycles. The van der Waals surface area contributed by atoms with Crippen molar-refractivity contribution >= 4 is 14.2 Å². The number of rotatable bonds is 4. The first-order chi connectivity index (χ1) is 7.01. The Morgan fingerprint density at radius 2 is 1.67 bits per heavy atom. The molecular weight excluding hydrogens is 202 g/mol. The van der Waals surface area contributed by atoms with Crippen molar-refractivity contribution in [1.29, 1.82) is 0 Å². The van der Waals surface area contributed by atoms with Crippen LogP contribution in [0.4, 0.5) is 0 Å². The van der Waals surface area contributed by atoms with Gasteiger partial charge in [-0.2, -0.15) is 0 Å². The van der Waals surface area contributed by atoms with Gasteiger partial charge in [0, 0.05) is 8.07 Å². The van der Waals surface area contributed by atoms with Gasteiger partial charge in [0.05, 0.1) is 6.54 Å². The number of nitrogens with zero attached hydrogens (tertiary/aromatic N) is 1. The highest BCUT2D eigenvalue weighted by Gasteiger charge is 2.13. The Morgan fingerprint density at radius 3 is 2.13 bits per heavy atom. The Hall–Kier alpha value is -1.18. The summed E-state index contributed by atoms with van der Waals surface area (Å²) < 4.78 is 0. The van der Waals surface area contributed by atoms with Crippen LogP contribution in [0.5, 0.6) is 0 Å². The number of hydrogen-bond donors (Lipinski definition) is 0. The maximum absolute atomic E-state index is 9.95. The Bertz CT molecular complexity index is 358. The van der Waals surface area contributed by atoms with Gasteiger partial charge in [0.25, 0.3) is 0 Å². The van der Waals surface area contributed by atoms with E-state index in [2.05, 4.69) is 36.8 Å². The minimum atomic E-state index is -1.03. The molecule has 0 fully saturated rings. The zero-order valence-electron chi connectivity index (χ0n) is 9.58. The molecule has 0 aliphatic rings. The summed E-state index contributed by atoms with van der Waals surface area (Å²) in [4.78, 5) is 13.5. The monoisotopic (exact) mass is 219 g/mol. The maximum atomic E-state index is 9.95. The van der Waals surface area contributed by atoms with Crippen LogP contribution in [0.2, 0.25) is 19.6 Å². The van der Waals surface area contributed by atoms with Gasteiger partial charge in [0.1, 0.15) is 0 Å². The molecule has 2 nitrogen and oxygen atoms in total. The van der Waals surface area contributed by atoms with E-state index in [1.54, 1.807) is 6.08 Å². The first-order valence-corrected chi connectivity index (χ1v) is 8.83. The summed E-state index contributed by atoms with van der Waals surface area (Å²) in [5, 5.41) is 0. The summed E-state index contributed by atoms with van der Waals surface area (Å²) in [6.07, 6.45) is 1.55. The van der Waals surface area contributed by atoms with Gasteiger partial charge in [0.2, 0.25) is 6.08 Å². The predicted octanol–water partition coefficient (Wildman–Crippen LogP) is 2.94. The molecule has 0 aliphatic heterocycles. The second-order valence-corrected chi connectivity index (χ2v) is 10.4.